The van der Waals surface area contributed by atoms with E-state index in [-0.39, 0.29) is 5.41 Å². The number of fused-ring (bicyclic) bond motifs is 4. The van der Waals surface area contributed by atoms with Crippen molar-refractivity contribution in [2.24, 2.45) is 23.2 Å². The lowest BCUT2D eigenvalue weighted by atomic mass is 9.51. The molecule has 4 aliphatic carbocycles. The van der Waals surface area contributed by atoms with Gasteiger partial charge in [-0.25, -0.2) is 0 Å². The summed E-state index contributed by atoms with van der Waals surface area (Å²) >= 11 is 0. The van der Waals surface area contributed by atoms with Gasteiger partial charge in [0.25, 0.3) is 0 Å². The number of rotatable bonds is 1. The summed E-state index contributed by atoms with van der Waals surface area (Å²) < 4.78 is 0. The highest BCUT2D eigenvalue weighted by atomic mass is 16.3. The van der Waals surface area contributed by atoms with Gasteiger partial charge in [0.05, 0.1) is 0 Å². The number of carbonyl (C=O) groups is 1. The Balaban J connectivity index is 1.69. The molecule has 124 valence electrons. The van der Waals surface area contributed by atoms with E-state index in [4.69, 9.17) is 6.42 Å². The second-order valence-electron chi connectivity index (χ2n) is 8.35. The molecule has 0 spiro atoms. The third kappa shape index (κ3) is 1.96. The van der Waals surface area contributed by atoms with Crippen LogP contribution in [-0.2, 0) is 4.79 Å². The monoisotopic (exact) mass is 312 g/mol. The van der Waals surface area contributed by atoms with Crippen LogP contribution < -0.4 is 0 Å². The first-order chi connectivity index (χ1) is 11.0. The zero-order valence-electron chi connectivity index (χ0n) is 14.2. The minimum Gasteiger partial charge on any atom is -0.377 e. The van der Waals surface area contributed by atoms with Crippen LogP contribution in [0.2, 0.25) is 0 Å². The maximum atomic E-state index is 11.8. The molecule has 0 radical (unpaired) electrons. The normalized spacial score (nSPS) is 46.0. The van der Waals surface area contributed by atoms with Crippen LogP contribution in [0.5, 0.6) is 0 Å². The van der Waals surface area contributed by atoms with Crippen molar-refractivity contribution in [2.75, 3.05) is 0 Å². The first-order valence-corrected chi connectivity index (χ1v) is 9.47. The first-order valence-electron chi connectivity index (χ1n) is 9.47. The molecule has 23 heavy (non-hydrogen) atoms. The number of ketones is 1. The summed E-state index contributed by atoms with van der Waals surface area (Å²) in [5.41, 5.74) is 2.14. The van der Waals surface area contributed by atoms with E-state index in [1.54, 1.807) is 5.57 Å². The van der Waals surface area contributed by atoms with Gasteiger partial charge in [0.2, 0.25) is 0 Å². The van der Waals surface area contributed by atoms with E-state index < -0.39 is 5.60 Å². The zero-order valence-corrected chi connectivity index (χ0v) is 14.2. The number of hydrogen-bond donors (Lipinski definition) is 1. The predicted octanol–water partition coefficient (Wildman–Crippen LogP) is 4.03. The number of carbonyl (C=O) groups excluding carboxylic acids is 1. The van der Waals surface area contributed by atoms with Gasteiger partial charge in [0, 0.05) is 18.3 Å². The standard InChI is InChI=1S/C21H28O2/c1-3-20-11-9-17-16-8-6-15(22)13-14(16)5-7-18(17)19(20)10-12-21(20,23)4-2/h2,17-19,23H,3,5-13H2,1H3/t17-,18-,19+,20+,21+/m1/s1. The number of aliphatic hydroxyl groups is 1. The molecule has 0 amide bonds. The van der Waals surface area contributed by atoms with Crippen molar-refractivity contribution < 1.29 is 9.90 Å². The van der Waals surface area contributed by atoms with Crippen molar-refractivity contribution >= 4 is 5.78 Å². The second-order valence-corrected chi connectivity index (χ2v) is 8.35. The Bertz CT molecular complexity index is 610. The number of hydrogen-bond acceptors (Lipinski definition) is 2. The highest BCUT2D eigenvalue weighted by Crippen LogP contribution is 2.65. The van der Waals surface area contributed by atoms with Crippen LogP contribution in [0.1, 0.15) is 71.1 Å². The molecular formula is C21H28O2. The van der Waals surface area contributed by atoms with Crippen molar-refractivity contribution in [3.05, 3.63) is 11.1 Å². The average molecular weight is 312 g/mol. The van der Waals surface area contributed by atoms with Crippen LogP contribution in [0.3, 0.4) is 0 Å². The van der Waals surface area contributed by atoms with E-state index >= 15 is 0 Å². The van der Waals surface area contributed by atoms with Gasteiger partial charge in [-0.3, -0.25) is 4.79 Å². The summed E-state index contributed by atoms with van der Waals surface area (Å²) in [4.78, 5) is 11.8. The molecule has 0 unspecified atom stereocenters. The van der Waals surface area contributed by atoms with Crippen LogP contribution >= 0.6 is 0 Å². The molecular weight excluding hydrogens is 284 g/mol. The van der Waals surface area contributed by atoms with Gasteiger partial charge in [0.1, 0.15) is 11.4 Å². The van der Waals surface area contributed by atoms with E-state index in [0.29, 0.717) is 23.5 Å². The number of Topliss-reactive ketones (excluding diaryl/α,β-unsaturated/α-hetero) is 1. The van der Waals surface area contributed by atoms with Gasteiger partial charge in [-0.15, -0.1) is 6.42 Å². The molecule has 0 aromatic rings. The van der Waals surface area contributed by atoms with Gasteiger partial charge >= 0.3 is 0 Å². The maximum absolute atomic E-state index is 11.8. The summed E-state index contributed by atoms with van der Waals surface area (Å²) in [6.45, 7) is 2.22. The van der Waals surface area contributed by atoms with Gasteiger partial charge in [-0.2, -0.15) is 0 Å². The fraction of sp³-hybridized carbons (Fsp3) is 0.762. The summed E-state index contributed by atoms with van der Waals surface area (Å²) in [7, 11) is 0. The molecule has 2 fully saturated rings. The summed E-state index contributed by atoms with van der Waals surface area (Å²) in [5, 5.41) is 11.1. The van der Waals surface area contributed by atoms with Crippen LogP contribution in [0, 0.1) is 35.5 Å². The van der Waals surface area contributed by atoms with Crippen molar-refractivity contribution in [2.45, 2.75) is 76.7 Å². The molecule has 1 N–H and O–H groups in total. The molecule has 0 bridgehead atoms. The molecule has 0 saturated heterocycles. The summed E-state index contributed by atoms with van der Waals surface area (Å²) in [6.07, 6.45) is 15.6. The van der Waals surface area contributed by atoms with E-state index in [1.165, 1.54) is 12.0 Å². The Kier molecular flexibility index (Phi) is 3.50. The fourth-order valence-corrected chi connectivity index (χ4v) is 6.83. The van der Waals surface area contributed by atoms with Gasteiger partial charge < -0.3 is 5.11 Å². The van der Waals surface area contributed by atoms with E-state index in [1.807, 2.05) is 0 Å². The van der Waals surface area contributed by atoms with Crippen LogP contribution in [0.25, 0.3) is 0 Å². The molecule has 2 saturated carbocycles. The van der Waals surface area contributed by atoms with Gasteiger partial charge in [-0.1, -0.05) is 24.0 Å². The second kappa shape index (κ2) is 5.21. The Morgan fingerprint density at radius 3 is 2.78 bits per heavy atom. The molecule has 2 nitrogen and oxygen atoms in total. The van der Waals surface area contributed by atoms with Gasteiger partial charge in [-0.05, 0) is 69.1 Å². The third-order valence-electron chi connectivity index (χ3n) is 7.92. The van der Waals surface area contributed by atoms with Crippen LogP contribution in [-0.4, -0.2) is 16.5 Å². The SMILES string of the molecule is C#C[C@]1(O)CC[C@H]2[C@@H]3CCC4=C(CCC(=O)C4)[C@H]3CC[C@@]21CC. The minimum atomic E-state index is -0.894. The Hall–Kier alpha value is -1.07. The van der Waals surface area contributed by atoms with Crippen molar-refractivity contribution in [3.8, 4) is 12.3 Å². The maximum Gasteiger partial charge on any atom is 0.137 e. The first kappa shape index (κ1) is 15.5. The topological polar surface area (TPSA) is 37.3 Å². The lowest BCUT2D eigenvalue weighted by Crippen LogP contribution is -2.52. The molecule has 4 rings (SSSR count). The quantitative estimate of drug-likeness (QED) is 0.586. The highest BCUT2D eigenvalue weighted by molar-refractivity contribution is 5.82. The van der Waals surface area contributed by atoms with Crippen molar-refractivity contribution in [1.82, 2.24) is 0 Å². The lowest BCUT2D eigenvalue weighted by molar-refractivity contribution is -0.119. The van der Waals surface area contributed by atoms with Crippen molar-refractivity contribution in [1.29, 1.82) is 0 Å². The molecule has 2 heteroatoms. The molecule has 0 aromatic carbocycles. The largest absolute Gasteiger partial charge is 0.377 e. The minimum absolute atomic E-state index is 0.0640. The summed E-state index contributed by atoms with van der Waals surface area (Å²) in [6, 6.07) is 0. The molecule has 4 aliphatic rings. The number of allylic oxidation sites excluding steroid dienone is 2. The molecule has 0 aliphatic heterocycles. The Morgan fingerprint density at radius 2 is 2.04 bits per heavy atom. The van der Waals surface area contributed by atoms with Crippen LogP contribution in [0.4, 0.5) is 0 Å². The van der Waals surface area contributed by atoms with E-state index in [9.17, 15) is 9.90 Å². The summed E-state index contributed by atoms with van der Waals surface area (Å²) in [5.74, 6) is 5.13. The molecule has 0 heterocycles. The van der Waals surface area contributed by atoms with Gasteiger partial charge in [0.15, 0.2) is 0 Å². The van der Waals surface area contributed by atoms with E-state index in [2.05, 4.69) is 12.8 Å². The Labute approximate surface area is 139 Å². The fourth-order valence-electron chi connectivity index (χ4n) is 6.83. The smallest absolute Gasteiger partial charge is 0.137 e. The zero-order chi connectivity index (χ0) is 16.2. The molecule has 5 atom stereocenters. The number of terminal acetylenes is 1. The average Bonchev–Trinajstić information content (AvgIpc) is 2.88. The van der Waals surface area contributed by atoms with Crippen molar-refractivity contribution in [3.63, 3.8) is 0 Å². The van der Waals surface area contributed by atoms with E-state index in [0.717, 1.165) is 57.8 Å². The Morgan fingerprint density at radius 1 is 1.22 bits per heavy atom. The lowest BCUT2D eigenvalue weighted by Gasteiger charge is -2.54. The molecule has 0 aromatic heterocycles. The third-order valence-corrected chi connectivity index (χ3v) is 7.92. The van der Waals surface area contributed by atoms with Crippen LogP contribution in [0.15, 0.2) is 11.1 Å². The predicted molar refractivity (Wildman–Crippen MR) is 90.6 cm³/mol. The highest BCUT2D eigenvalue weighted by Gasteiger charge is 2.62.